The number of nitrogens with one attached hydrogen (secondary N) is 1. The van der Waals surface area contributed by atoms with Crippen molar-refractivity contribution in [3.8, 4) is 10.6 Å². The average molecular weight is 182 g/mol. The highest BCUT2D eigenvalue weighted by atomic mass is 32.1. The third kappa shape index (κ3) is 1.32. The second-order valence-electron chi connectivity index (χ2n) is 2.11. The lowest BCUT2D eigenvalue weighted by Crippen LogP contribution is -1.69. The van der Waals surface area contributed by atoms with Crippen LogP contribution in [-0.2, 0) is 0 Å². The van der Waals surface area contributed by atoms with Crippen molar-refractivity contribution in [1.82, 2.24) is 9.97 Å². The van der Waals surface area contributed by atoms with Crippen LogP contribution in [-0.4, -0.2) is 9.97 Å². The highest BCUT2D eigenvalue weighted by Crippen LogP contribution is 2.23. The molecule has 0 saturated carbocycles. The van der Waals surface area contributed by atoms with Crippen LogP contribution >= 0.6 is 24.0 Å². The Kier molecular flexibility index (Phi) is 1.71. The summed E-state index contributed by atoms with van der Waals surface area (Å²) in [5, 5.41) is 3.72. The van der Waals surface area contributed by atoms with Crippen molar-refractivity contribution < 1.29 is 0 Å². The van der Waals surface area contributed by atoms with E-state index in [0.717, 1.165) is 15.6 Å². The van der Waals surface area contributed by atoms with Gasteiger partial charge in [0.05, 0.1) is 0 Å². The minimum absolute atomic E-state index is 0.784. The average Bonchev–Trinajstić information content (AvgIpc) is 2.55. The maximum Gasteiger partial charge on any atom is 0.126 e. The van der Waals surface area contributed by atoms with E-state index in [4.69, 9.17) is 0 Å². The molecule has 0 aliphatic carbocycles. The van der Waals surface area contributed by atoms with Gasteiger partial charge in [0.2, 0.25) is 0 Å². The summed E-state index contributed by atoms with van der Waals surface area (Å²) in [5.74, 6) is 0. The van der Waals surface area contributed by atoms with Crippen molar-refractivity contribution in [3.63, 3.8) is 0 Å². The lowest BCUT2D eigenvalue weighted by atomic mass is 10.4. The Balaban J connectivity index is 2.45. The van der Waals surface area contributed by atoms with E-state index in [-0.39, 0.29) is 0 Å². The standard InChI is InChI=1S/C7H6N2S2/c10-6-4-11-7(9-6)5-1-2-8-3-5/h1-4,8,10H. The number of rotatable bonds is 1. The molecule has 4 heteroatoms. The fourth-order valence-electron chi connectivity index (χ4n) is 0.855. The molecule has 0 bridgehead atoms. The van der Waals surface area contributed by atoms with E-state index in [1.165, 1.54) is 0 Å². The first-order chi connectivity index (χ1) is 5.36. The van der Waals surface area contributed by atoms with Gasteiger partial charge in [-0.3, -0.25) is 0 Å². The summed E-state index contributed by atoms with van der Waals surface area (Å²) in [6.45, 7) is 0. The number of aromatic amines is 1. The SMILES string of the molecule is Sc1csc(-c2cc[nH]c2)n1. The Hall–Kier alpha value is -0.740. The molecular formula is C7H6N2S2. The summed E-state index contributed by atoms with van der Waals surface area (Å²) in [6, 6.07) is 1.99. The summed E-state index contributed by atoms with van der Waals surface area (Å²) in [5.41, 5.74) is 1.12. The summed E-state index contributed by atoms with van der Waals surface area (Å²) >= 11 is 5.73. The highest BCUT2D eigenvalue weighted by Gasteiger charge is 2.01. The molecule has 0 aromatic carbocycles. The maximum atomic E-state index is 4.22. The van der Waals surface area contributed by atoms with Gasteiger partial charge in [-0.1, -0.05) is 0 Å². The minimum Gasteiger partial charge on any atom is -0.367 e. The van der Waals surface area contributed by atoms with Crippen LogP contribution in [0.1, 0.15) is 0 Å². The van der Waals surface area contributed by atoms with Gasteiger partial charge in [-0.15, -0.1) is 24.0 Å². The Bertz CT molecular complexity index is 337. The summed E-state index contributed by atoms with van der Waals surface area (Å²) < 4.78 is 0. The van der Waals surface area contributed by atoms with Crippen molar-refractivity contribution in [2.75, 3.05) is 0 Å². The monoisotopic (exact) mass is 182 g/mol. The number of H-pyrrole nitrogens is 1. The van der Waals surface area contributed by atoms with Crippen LogP contribution < -0.4 is 0 Å². The van der Waals surface area contributed by atoms with Crippen LogP contribution in [0.2, 0.25) is 0 Å². The van der Waals surface area contributed by atoms with Crippen molar-refractivity contribution >= 4 is 24.0 Å². The fourth-order valence-corrected chi connectivity index (χ4v) is 1.86. The molecule has 0 atom stereocenters. The van der Waals surface area contributed by atoms with Gasteiger partial charge >= 0.3 is 0 Å². The molecular weight excluding hydrogens is 176 g/mol. The number of hydrogen-bond acceptors (Lipinski definition) is 3. The van der Waals surface area contributed by atoms with Crippen molar-refractivity contribution in [1.29, 1.82) is 0 Å². The lowest BCUT2D eigenvalue weighted by molar-refractivity contribution is 1.22. The molecule has 56 valence electrons. The quantitative estimate of drug-likeness (QED) is 0.651. The van der Waals surface area contributed by atoms with Gasteiger partial charge in [-0.05, 0) is 6.07 Å². The van der Waals surface area contributed by atoms with Gasteiger partial charge in [0.25, 0.3) is 0 Å². The summed E-state index contributed by atoms with van der Waals surface area (Å²) in [7, 11) is 0. The van der Waals surface area contributed by atoms with Gasteiger partial charge in [0.15, 0.2) is 0 Å². The molecule has 11 heavy (non-hydrogen) atoms. The second kappa shape index (κ2) is 2.71. The topological polar surface area (TPSA) is 28.7 Å². The largest absolute Gasteiger partial charge is 0.367 e. The number of thiol groups is 1. The molecule has 0 aliphatic rings. The van der Waals surface area contributed by atoms with Gasteiger partial charge in [0, 0.05) is 23.3 Å². The van der Waals surface area contributed by atoms with Crippen LogP contribution in [0.25, 0.3) is 10.6 Å². The molecule has 0 amide bonds. The molecule has 2 nitrogen and oxygen atoms in total. The number of hydrogen-bond donors (Lipinski definition) is 2. The van der Waals surface area contributed by atoms with E-state index in [1.807, 2.05) is 23.8 Å². The molecule has 0 aliphatic heterocycles. The Morgan fingerprint density at radius 2 is 2.45 bits per heavy atom. The van der Waals surface area contributed by atoms with E-state index >= 15 is 0 Å². The number of nitrogens with zero attached hydrogens (tertiary/aromatic N) is 1. The Labute approximate surface area is 73.7 Å². The van der Waals surface area contributed by atoms with Crippen LogP contribution in [0.15, 0.2) is 28.9 Å². The van der Waals surface area contributed by atoms with Crippen molar-refractivity contribution in [3.05, 3.63) is 23.8 Å². The van der Waals surface area contributed by atoms with Gasteiger partial charge in [-0.25, -0.2) is 4.98 Å². The molecule has 0 fully saturated rings. The highest BCUT2D eigenvalue weighted by molar-refractivity contribution is 7.80. The maximum absolute atomic E-state index is 4.22. The molecule has 2 heterocycles. The van der Waals surface area contributed by atoms with E-state index < -0.39 is 0 Å². The predicted molar refractivity (Wildman–Crippen MR) is 49.2 cm³/mol. The normalized spacial score (nSPS) is 10.3. The zero-order valence-electron chi connectivity index (χ0n) is 5.61. The van der Waals surface area contributed by atoms with E-state index in [2.05, 4.69) is 22.6 Å². The predicted octanol–water partition coefficient (Wildman–Crippen LogP) is 2.43. The van der Waals surface area contributed by atoms with Crippen LogP contribution in [0.5, 0.6) is 0 Å². The van der Waals surface area contributed by atoms with E-state index in [9.17, 15) is 0 Å². The molecule has 0 radical (unpaired) electrons. The van der Waals surface area contributed by atoms with Gasteiger partial charge in [-0.2, -0.15) is 0 Å². The van der Waals surface area contributed by atoms with Crippen molar-refractivity contribution in [2.24, 2.45) is 0 Å². The molecule has 2 aromatic rings. The molecule has 2 aromatic heterocycles. The zero-order valence-corrected chi connectivity index (χ0v) is 7.32. The molecule has 0 unspecified atom stereocenters. The number of aromatic nitrogens is 2. The van der Waals surface area contributed by atoms with Crippen LogP contribution in [0.3, 0.4) is 0 Å². The minimum atomic E-state index is 0.784. The molecule has 2 rings (SSSR count). The summed E-state index contributed by atoms with van der Waals surface area (Å²) in [4.78, 5) is 7.20. The van der Waals surface area contributed by atoms with Crippen molar-refractivity contribution in [2.45, 2.75) is 5.03 Å². The van der Waals surface area contributed by atoms with Crippen LogP contribution in [0, 0.1) is 0 Å². The van der Waals surface area contributed by atoms with E-state index in [0.29, 0.717) is 0 Å². The van der Waals surface area contributed by atoms with Gasteiger partial charge < -0.3 is 4.98 Å². The second-order valence-corrected chi connectivity index (χ2v) is 3.43. The number of thiazole rings is 1. The fraction of sp³-hybridized carbons (Fsp3) is 0. The summed E-state index contributed by atoms with van der Waals surface area (Å²) in [6.07, 6.45) is 3.81. The Morgan fingerprint density at radius 1 is 1.55 bits per heavy atom. The molecule has 0 saturated heterocycles. The molecule has 0 spiro atoms. The smallest absolute Gasteiger partial charge is 0.126 e. The van der Waals surface area contributed by atoms with Crippen LogP contribution in [0.4, 0.5) is 0 Å². The first-order valence-corrected chi connectivity index (χ1v) is 4.46. The lowest BCUT2D eigenvalue weighted by Gasteiger charge is -1.84. The third-order valence-electron chi connectivity index (χ3n) is 1.34. The Morgan fingerprint density at radius 3 is 3.00 bits per heavy atom. The first-order valence-electron chi connectivity index (χ1n) is 3.14. The third-order valence-corrected chi connectivity index (χ3v) is 2.63. The first kappa shape index (κ1) is 6.94. The van der Waals surface area contributed by atoms with Gasteiger partial charge in [0.1, 0.15) is 10.0 Å². The molecule has 1 N–H and O–H groups in total. The zero-order chi connectivity index (χ0) is 7.68. The van der Waals surface area contributed by atoms with E-state index in [1.54, 1.807) is 11.3 Å².